The first-order chi connectivity index (χ1) is 15.8. The lowest BCUT2D eigenvalue weighted by molar-refractivity contribution is -0.146. The second kappa shape index (κ2) is 13.3. The lowest BCUT2D eigenvalue weighted by Gasteiger charge is -2.27. The predicted molar refractivity (Wildman–Crippen MR) is 120 cm³/mol. The minimum atomic E-state index is -1.61. The maximum absolute atomic E-state index is 12.8. The average molecular weight is 481 g/mol. The van der Waals surface area contributed by atoms with Crippen LogP contribution in [0.15, 0.2) is 30.3 Å². The number of aliphatic carboxylic acids is 2. The predicted octanol–water partition coefficient (Wildman–Crippen LogP) is -1.39. The Bertz CT molecular complexity index is 875. The molecule has 0 heterocycles. The lowest BCUT2D eigenvalue weighted by Crippen LogP contribution is -2.59. The van der Waals surface area contributed by atoms with E-state index in [0.29, 0.717) is 0 Å². The Balaban J connectivity index is 2.93. The van der Waals surface area contributed by atoms with E-state index in [1.165, 1.54) is 6.92 Å². The molecule has 0 fully saturated rings. The largest absolute Gasteiger partial charge is 0.481 e. The summed E-state index contributed by atoms with van der Waals surface area (Å²) in [7, 11) is 0. The Morgan fingerprint density at radius 2 is 1.41 bits per heavy atom. The Kier molecular flexibility index (Phi) is 11.1. The van der Waals surface area contributed by atoms with Crippen LogP contribution in [0.5, 0.6) is 0 Å². The highest BCUT2D eigenvalue weighted by Gasteiger charge is 2.34. The van der Waals surface area contributed by atoms with Crippen molar-refractivity contribution >= 4 is 29.7 Å². The van der Waals surface area contributed by atoms with Crippen molar-refractivity contribution in [2.24, 2.45) is 11.7 Å². The van der Waals surface area contributed by atoms with Crippen LogP contribution in [0.3, 0.4) is 0 Å². The van der Waals surface area contributed by atoms with Gasteiger partial charge in [-0.25, -0.2) is 4.79 Å². The van der Waals surface area contributed by atoms with Gasteiger partial charge in [0, 0.05) is 0 Å². The molecule has 0 bridgehead atoms. The summed E-state index contributed by atoms with van der Waals surface area (Å²) in [5.74, 6) is -5.98. The van der Waals surface area contributed by atoms with Crippen LogP contribution in [0.2, 0.25) is 0 Å². The number of aliphatic hydroxyl groups is 1. The van der Waals surface area contributed by atoms with E-state index < -0.39 is 72.3 Å². The van der Waals surface area contributed by atoms with Gasteiger partial charge in [0.05, 0.1) is 18.6 Å². The summed E-state index contributed by atoms with van der Waals surface area (Å²) in [4.78, 5) is 60.4. The quantitative estimate of drug-likeness (QED) is 0.177. The first-order valence-corrected chi connectivity index (χ1v) is 10.7. The Morgan fingerprint density at radius 3 is 1.88 bits per heavy atom. The van der Waals surface area contributed by atoms with Crippen LogP contribution in [0, 0.1) is 5.92 Å². The topological polar surface area (TPSA) is 208 Å². The van der Waals surface area contributed by atoms with Crippen molar-refractivity contribution in [3.8, 4) is 0 Å². The molecule has 0 saturated carbocycles. The van der Waals surface area contributed by atoms with E-state index in [-0.39, 0.29) is 6.42 Å². The van der Waals surface area contributed by atoms with Gasteiger partial charge in [-0.05, 0) is 24.8 Å². The Morgan fingerprint density at radius 1 is 0.853 bits per heavy atom. The minimum Gasteiger partial charge on any atom is -0.481 e. The third kappa shape index (κ3) is 9.16. The average Bonchev–Trinajstić information content (AvgIpc) is 2.74. The van der Waals surface area contributed by atoms with Crippen molar-refractivity contribution in [2.45, 2.75) is 63.9 Å². The normalized spacial score (nSPS) is 15.4. The molecule has 12 heteroatoms. The summed E-state index contributed by atoms with van der Waals surface area (Å²) in [5, 5.41) is 34.7. The molecule has 3 amide bonds. The second-order valence-corrected chi connectivity index (χ2v) is 8.25. The second-order valence-electron chi connectivity index (χ2n) is 8.25. The number of carboxylic acids is 2. The molecule has 5 atom stereocenters. The van der Waals surface area contributed by atoms with Gasteiger partial charge < -0.3 is 37.0 Å². The van der Waals surface area contributed by atoms with Crippen molar-refractivity contribution in [3.63, 3.8) is 0 Å². The molecule has 0 aliphatic carbocycles. The summed E-state index contributed by atoms with van der Waals surface area (Å²) in [5.41, 5.74) is 6.67. The number of aliphatic hydroxyl groups excluding tert-OH is 1. The van der Waals surface area contributed by atoms with E-state index in [1.807, 2.05) is 0 Å². The van der Waals surface area contributed by atoms with Crippen molar-refractivity contribution in [2.75, 3.05) is 0 Å². The zero-order valence-electron chi connectivity index (χ0n) is 19.2. The van der Waals surface area contributed by atoms with E-state index in [0.717, 1.165) is 5.56 Å². The number of hydrogen-bond donors (Lipinski definition) is 7. The van der Waals surface area contributed by atoms with Crippen LogP contribution in [0.1, 0.15) is 32.8 Å². The molecule has 8 N–H and O–H groups in total. The summed E-state index contributed by atoms with van der Waals surface area (Å²) < 4.78 is 0. The highest BCUT2D eigenvalue weighted by atomic mass is 16.4. The van der Waals surface area contributed by atoms with Gasteiger partial charge in [-0.3, -0.25) is 19.2 Å². The number of benzene rings is 1. The minimum absolute atomic E-state index is 0.154. The molecule has 12 nitrogen and oxygen atoms in total. The van der Waals surface area contributed by atoms with Gasteiger partial charge in [-0.2, -0.15) is 0 Å². The number of nitrogens with two attached hydrogens (primary N) is 1. The maximum Gasteiger partial charge on any atom is 0.328 e. The molecule has 0 saturated heterocycles. The molecular formula is C22H32N4O8. The van der Waals surface area contributed by atoms with Crippen molar-refractivity contribution < 1.29 is 39.3 Å². The lowest BCUT2D eigenvalue weighted by atomic mass is 10.0. The van der Waals surface area contributed by atoms with Gasteiger partial charge in [0.15, 0.2) is 6.04 Å². The molecule has 0 aliphatic heterocycles. The summed E-state index contributed by atoms with van der Waals surface area (Å²) in [6.07, 6.45) is -2.02. The molecule has 0 aliphatic rings. The molecule has 0 spiro atoms. The van der Waals surface area contributed by atoms with Crippen molar-refractivity contribution in [1.82, 2.24) is 16.0 Å². The molecule has 188 valence electrons. The van der Waals surface area contributed by atoms with Gasteiger partial charge in [0.1, 0.15) is 12.1 Å². The molecule has 1 rings (SSSR count). The number of nitrogens with one attached hydrogen (secondary N) is 3. The molecule has 34 heavy (non-hydrogen) atoms. The number of carboxylic acid groups (broad SMARTS) is 2. The van der Waals surface area contributed by atoms with Gasteiger partial charge >= 0.3 is 11.9 Å². The fourth-order valence-corrected chi connectivity index (χ4v) is 3.04. The molecule has 0 aromatic heterocycles. The van der Waals surface area contributed by atoms with Crippen LogP contribution in [-0.4, -0.2) is 75.3 Å². The number of carbonyl (C=O) groups excluding carboxylic acids is 3. The monoisotopic (exact) mass is 480 g/mol. The molecule has 5 unspecified atom stereocenters. The van der Waals surface area contributed by atoms with E-state index in [4.69, 9.17) is 10.8 Å². The van der Waals surface area contributed by atoms with Crippen molar-refractivity contribution in [3.05, 3.63) is 35.9 Å². The first kappa shape index (κ1) is 28.5. The van der Waals surface area contributed by atoms with Gasteiger partial charge in [-0.15, -0.1) is 0 Å². The molecule has 1 aromatic carbocycles. The molecular weight excluding hydrogens is 448 g/mol. The summed E-state index contributed by atoms with van der Waals surface area (Å²) >= 11 is 0. The van der Waals surface area contributed by atoms with Gasteiger partial charge in [0.2, 0.25) is 17.7 Å². The van der Waals surface area contributed by atoms with Crippen LogP contribution in [0.4, 0.5) is 0 Å². The fraction of sp³-hybridized carbons (Fsp3) is 0.500. The maximum atomic E-state index is 12.8. The van der Waals surface area contributed by atoms with Crippen LogP contribution in [-0.2, 0) is 30.4 Å². The van der Waals surface area contributed by atoms with E-state index in [9.17, 15) is 34.2 Å². The van der Waals surface area contributed by atoms with E-state index in [2.05, 4.69) is 16.0 Å². The van der Waals surface area contributed by atoms with Gasteiger partial charge in [-0.1, -0.05) is 44.2 Å². The highest BCUT2D eigenvalue weighted by molar-refractivity contribution is 5.95. The van der Waals surface area contributed by atoms with E-state index in [1.54, 1.807) is 44.2 Å². The van der Waals surface area contributed by atoms with Crippen LogP contribution >= 0.6 is 0 Å². The number of rotatable bonds is 13. The molecule has 0 radical (unpaired) electrons. The zero-order valence-corrected chi connectivity index (χ0v) is 19.2. The smallest absolute Gasteiger partial charge is 0.328 e. The first-order valence-electron chi connectivity index (χ1n) is 10.7. The Hall–Kier alpha value is -3.51. The number of amides is 3. The fourth-order valence-electron chi connectivity index (χ4n) is 3.04. The van der Waals surface area contributed by atoms with Crippen molar-refractivity contribution in [1.29, 1.82) is 0 Å². The third-order valence-electron chi connectivity index (χ3n) is 4.94. The standard InChI is InChI=1S/C22H32N4O8/c1-11(2)17(21(32)26-18(12(3)27)22(33)34)25-20(31)15(10-16(28)29)24-19(30)14(23)9-13-7-5-4-6-8-13/h4-8,11-12,14-15,17-18,27H,9-10,23H2,1-3H3,(H,24,30)(H,25,31)(H,26,32)(H,28,29)(H,33,34). The van der Waals surface area contributed by atoms with Gasteiger partial charge in [0.25, 0.3) is 0 Å². The van der Waals surface area contributed by atoms with E-state index >= 15 is 0 Å². The highest BCUT2D eigenvalue weighted by Crippen LogP contribution is 2.07. The van der Waals surface area contributed by atoms with Crippen LogP contribution in [0.25, 0.3) is 0 Å². The molecule has 1 aromatic rings. The number of carbonyl (C=O) groups is 5. The number of hydrogen-bond acceptors (Lipinski definition) is 7. The third-order valence-corrected chi connectivity index (χ3v) is 4.94. The summed E-state index contributed by atoms with van der Waals surface area (Å²) in [6, 6.07) is 3.38. The SMILES string of the molecule is CC(C)C(NC(=O)C(CC(=O)O)NC(=O)C(N)Cc1ccccc1)C(=O)NC(C(=O)O)C(C)O. The Labute approximate surface area is 196 Å². The van der Waals surface area contributed by atoms with Crippen LogP contribution < -0.4 is 21.7 Å². The summed E-state index contributed by atoms with van der Waals surface area (Å²) in [6.45, 7) is 4.32. The zero-order chi connectivity index (χ0) is 26.0.